The van der Waals surface area contributed by atoms with E-state index in [1.165, 1.54) is 12.7 Å². The van der Waals surface area contributed by atoms with Crippen LogP contribution in [0.15, 0.2) is 66.2 Å². The standard InChI is InChI=1S/C27H24N4O3S/c1-3-28-14-16-4-8-19(9-5-16)30-25(17-7-11-23-22(12-17)29-15-35-23)24-20-10-6-18(27(33)34-2)13-21(20)31-26(24)32/h4-13,15,28,30H,3,14H2,1-2H3,(H,31,32). The maximum Gasteiger partial charge on any atom is 0.337 e. The summed E-state index contributed by atoms with van der Waals surface area (Å²) in [5.41, 5.74) is 8.39. The fourth-order valence-corrected chi connectivity index (χ4v) is 4.74. The Balaban J connectivity index is 1.61. The van der Waals surface area contributed by atoms with Crippen molar-refractivity contribution in [2.45, 2.75) is 13.5 Å². The average Bonchev–Trinajstić information content (AvgIpc) is 3.48. The highest BCUT2D eigenvalue weighted by Gasteiger charge is 2.29. The minimum absolute atomic E-state index is 0.244. The van der Waals surface area contributed by atoms with E-state index in [2.05, 4.69) is 40.0 Å². The summed E-state index contributed by atoms with van der Waals surface area (Å²) < 4.78 is 5.90. The molecule has 1 amide bonds. The van der Waals surface area contributed by atoms with Gasteiger partial charge >= 0.3 is 5.97 Å². The van der Waals surface area contributed by atoms with Crippen molar-refractivity contribution in [3.05, 3.63) is 88.4 Å². The van der Waals surface area contributed by atoms with Gasteiger partial charge in [-0.3, -0.25) is 4.79 Å². The third kappa shape index (κ3) is 4.53. The number of anilines is 2. The Kier molecular flexibility index (Phi) is 6.31. The van der Waals surface area contributed by atoms with E-state index in [4.69, 9.17) is 4.74 Å². The van der Waals surface area contributed by atoms with Crippen molar-refractivity contribution in [2.75, 3.05) is 24.3 Å². The van der Waals surface area contributed by atoms with E-state index in [-0.39, 0.29) is 5.91 Å². The number of hydrogen-bond donors (Lipinski definition) is 3. The first-order valence-electron chi connectivity index (χ1n) is 11.3. The van der Waals surface area contributed by atoms with Crippen molar-refractivity contribution >= 4 is 56.1 Å². The van der Waals surface area contributed by atoms with Crippen LogP contribution in [0.1, 0.15) is 34.0 Å². The number of hydrogen-bond acceptors (Lipinski definition) is 7. The monoisotopic (exact) mass is 484 g/mol. The van der Waals surface area contributed by atoms with Gasteiger partial charge in [0.25, 0.3) is 5.91 Å². The van der Waals surface area contributed by atoms with Crippen LogP contribution in [0.2, 0.25) is 0 Å². The number of carbonyl (C=O) groups is 2. The number of nitrogens with one attached hydrogen (secondary N) is 3. The third-order valence-electron chi connectivity index (χ3n) is 5.86. The van der Waals surface area contributed by atoms with Crippen molar-refractivity contribution in [2.24, 2.45) is 0 Å². The van der Waals surface area contributed by atoms with Crippen LogP contribution >= 0.6 is 11.3 Å². The molecule has 0 atom stereocenters. The van der Waals surface area contributed by atoms with Crippen LogP contribution in [0.5, 0.6) is 0 Å². The lowest BCUT2D eigenvalue weighted by molar-refractivity contribution is -0.110. The number of carbonyl (C=O) groups excluding carboxylic acids is 2. The van der Waals surface area contributed by atoms with E-state index < -0.39 is 5.97 Å². The summed E-state index contributed by atoms with van der Waals surface area (Å²) in [6.45, 7) is 3.78. The summed E-state index contributed by atoms with van der Waals surface area (Å²) in [5, 5.41) is 9.70. The van der Waals surface area contributed by atoms with Gasteiger partial charge in [0.05, 0.1) is 45.4 Å². The van der Waals surface area contributed by atoms with Crippen LogP contribution in [0.3, 0.4) is 0 Å². The number of thiazole rings is 1. The second kappa shape index (κ2) is 9.69. The number of ether oxygens (including phenoxy) is 1. The molecule has 35 heavy (non-hydrogen) atoms. The average molecular weight is 485 g/mol. The van der Waals surface area contributed by atoms with Crippen molar-refractivity contribution in [1.29, 1.82) is 0 Å². The molecular formula is C27H24N4O3S. The molecule has 1 aliphatic rings. The first-order chi connectivity index (χ1) is 17.1. The highest BCUT2D eigenvalue weighted by molar-refractivity contribution is 7.16. The number of esters is 1. The maximum absolute atomic E-state index is 13.2. The number of benzene rings is 3. The molecule has 3 N–H and O–H groups in total. The van der Waals surface area contributed by atoms with Crippen LogP contribution < -0.4 is 16.0 Å². The van der Waals surface area contributed by atoms with Gasteiger partial charge in [0, 0.05) is 23.4 Å². The molecule has 0 spiro atoms. The second-order valence-corrected chi connectivity index (χ2v) is 8.98. The highest BCUT2D eigenvalue weighted by Crippen LogP contribution is 2.39. The minimum Gasteiger partial charge on any atom is -0.465 e. The van der Waals surface area contributed by atoms with Crippen molar-refractivity contribution in [3.63, 3.8) is 0 Å². The zero-order chi connectivity index (χ0) is 24.4. The van der Waals surface area contributed by atoms with Crippen LogP contribution in [0, 0.1) is 0 Å². The molecule has 0 radical (unpaired) electrons. The highest BCUT2D eigenvalue weighted by atomic mass is 32.1. The lowest BCUT2D eigenvalue weighted by Crippen LogP contribution is -2.12. The van der Waals surface area contributed by atoms with E-state index in [1.807, 2.05) is 35.8 Å². The number of nitrogens with zero attached hydrogens (tertiary/aromatic N) is 1. The van der Waals surface area contributed by atoms with Crippen LogP contribution in [-0.4, -0.2) is 30.5 Å². The van der Waals surface area contributed by atoms with Crippen LogP contribution in [0.4, 0.5) is 11.4 Å². The van der Waals surface area contributed by atoms with E-state index in [0.29, 0.717) is 28.1 Å². The molecule has 7 nitrogen and oxygen atoms in total. The number of methoxy groups -OCH3 is 1. The minimum atomic E-state index is -0.454. The van der Waals surface area contributed by atoms with E-state index in [0.717, 1.165) is 34.6 Å². The molecule has 3 aromatic carbocycles. The maximum atomic E-state index is 13.2. The van der Waals surface area contributed by atoms with Gasteiger partial charge in [-0.15, -0.1) is 11.3 Å². The number of fused-ring (bicyclic) bond motifs is 2. The molecule has 5 rings (SSSR count). The smallest absolute Gasteiger partial charge is 0.337 e. The van der Waals surface area contributed by atoms with Gasteiger partial charge in [-0.1, -0.05) is 31.2 Å². The number of amides is 1. The Morgan fingerprint density at radius 1 is 1.06 bits per heavy atom. The van der Waals surface area contributed by atoms with Gasteiger partial charge in [0.15, 0.2) is 0 Å². The zero-order valence-electron chi connectivity index (χ0n) is 19.3. The van der Waals surface area contributed by atoms with Crippen molar-refractivity contribution in [3.8, 4) is 0 Å². The van der Waals surface area contributed by atoms with Gasteiger partial charge < -0.3 is 20.7 Å². The quantitative estimate of drug-likeness (QED) is 0.249. The number of rotatable bonds is 7. The molecule has 0 aliphatic carbocycles. The Morgan fingerprint density at radius 3 is 2.63 bits per heavy atom. The molecule has 0 bridgehead atoms. The summed E-state index contributed by atoms with van der Waals surface area (Å²) in [4.78, 5) is 29.7. The van der Waals surface area contributed by atoms with Gasteiger partial charge in [-0.2, -0.15) is 0 Å². The van der Waals surface area contributed by atoms with E-state index >= 15 is 0 Å². The van der Waals surface area contributed by atoms with Crippen LogP contribution in [-0.2, 0) is 16.1 Å². The molecule has 1 aliphatic heterocycles. The zero-order valence-corrected chi connectivity index (χ0v) is 20.2. The fourth-order valence-electron chi connectivity index (χ4n) is 4.08. The van der Waals surface area contributed by atoms with Gasteiger partial charge in [0.1, 0.15) is 0 Å². The molecule has 0 saturated carbocycles. The summed E-state index contributed by atoms with van der Waals surface area (Å²) >= 11 is 1.57. The molecule has 2 heterocycles. The molecule has 0 unspecified atom stereocenters. The largest absolute Gasteiger partial charge is 0.465 e. The molecule has 8 heteroatoms. The first-order valence-corrected chi connectivity index (χ1v) is 12.1. The fraction of sp³-hybridized carbons (Fsp3) is 0.148. The topological polar surface area (TPSA) is 92.3 Å². The van der Waals surface area contributed by atoms with Gasteiger partial charge in [-0.25, -0.2) is 9.78 Å². The first kappa shape index (κ1) is 22.8. The lowest BCUT2D eigenvalue weighted by atomic mass is 9.98. The van der Waals surface area contributed by atoms with Crippen molar-refractivity contribution in [1.82, 2.24) is 10.3 Å². The predicted molar refractivity (Wildman–Crippen MR) is 140 cm³/mol. The Bertz CT molecular complexity index is 1460. The molecule has 1 aromatic heterocycles. The van der Waals surface area contributed by atoms with E-state index in [9.17, 15) is 9.59 Å². The molecule has 176 valence electrons. The Hall–Kier alpha value is -4.01. The Morgan fingerprint density at radius 2 is 1.86 bits per heavy atom. The van der Waals surface area contributed by atoms with Crippen molar-refractivity contribution < 1.29 is 14.3 Å². The second-order valence-electron chi connectivity index (χ2n) is 8.09. The molecular weight excluding hydrogens is 460 g/mol. The lowest BCUT2D eigenvalue weighted by Gasteiger charge is -2.15. The SMILES string of the molecule is CCNCc1ccc(NC(=C2C(=O)Nc3cc(C(=O)OC)ccc32)c2ccc3scnc3c2)cc1. The summed E-state index contributed by atoms with van der Waals surface area (Å²) in [6.07, 6.45) is 0. The Labute approximate surface area is 206 Å². The molecule has 4 aromatic rings. The summed E-state index contributed by atoms with van der Waals surface area (Å²) in [6, 6.07) is 19.2. The molecule has 0 saturated heterocycles. The van der Waals surface area contributed by atoms with Gasteiger partial charge in [0.2, 0.25) is 0 Å². The normalized spacial score (nSPS) is 13.9. The summed E-state index contributed by atoms with van der Waals surface area (Å²) in [5.74, 6) is -0.698. The number of aromatic nitrogens is 1. The summed E-state index contributed by atoms with van der Waals surface area (Å²) in [7, 11) is 1.33. The third-order valence-corrected chi connectivity index (χ3v) is 6.67. The molecule has 0 fully saturated rings. The van der Waals surface area contributed by atoms with Gasteiger partial charge in [-0.05, 0) is 48.5 Å². The van der Waals surface area contributed by atoms with E-state index in [1.54, 1.807) is 29.5 Å². The van der Waals surface area contributed by atoms with Crippen LogP contribution in [0.25, 0.3) is 21.5 Å². The predicted octanol–water partition coefficient (Wildman–Crippen LogP) is 5.12.